The maximum atomic E-state index is 12.9. The van der Waals surface area contributed by atoms with Crippen molar-refractivity contribution in [2.75, 3.05) is 6.54 Å². The minimum atomic E-state index is -4.46. The molecule has 0 aliphatic rings. The first-order valence-electron chi connectivity index (χ1n) is 6.24. The molecule has 0 radical (unpaired) electrons. The molecule has 0 aliphatic heterocycles. The van der Waals surface area contributed by atoms with Crippen LogP contribution in [-0.2, 0) is 12.6 Å². The highest BCUT2D eigenvalue weighted by Crippen LogP contribution is 2.39. The molecule has 0 unspecified atom stereocenters. The zero-order valence-electron chi connectivity index (χ0n) is 11.0. The van der Waals surface area contributed by atoms with Crippen LogP contribution in [0.3, 0.4) is 0 Å². The molecule has 21 heavy (non-hydrogen) atoms. The molecule has 2 nitrogen and oxygen atoms in total. The molecule has 2 rings (SSSR count). The Morgan fingerprint density at radius 1 is 1.05 bits per heavy atom. The van der Waals surface area contributed by atoms with E-state index < -0.39 is 11.7 Å². The van der Waals surface area contributed by atoms with Crippen LogP contribution in [0, 0.1) is 0 Å². The zero-order chi connectivity index (χ0) is 15.5. The van der Waals surface area contributed by atoms with Crippen LogP contribution < -0.4 is 10.5 Å². The molecule has 0 saturated carbocycles. The number of hydrogen-bond donors (Lipinski definition) is 1. The van der Waals surface area contributed by atoms with Gasteiger partial charge in [0.1, 0.15) is 11.5 Å². The van der Waals surface area contributed by atoms with Gasteiger partial charge in [0.05, 0.1) is 5.56 Å². The SMILES string of the molecule is NCCc1ccc(Oc2cc(Br)ccc2C(F)(F)F)cc1. The first kappa shape index (κ1) is 15.9. The van der Waals surface area contributed by atoms with E-state index in [0.717, 1.165) is 11.6 Å². The molecule has 2 aromatic carbocycles. The van der Waals surface area contributed by atoms with Gasteiger partial charge in [0.25, 0.3) is 0 Å². The maximum absolute atomic E-state index is 12.9. The summed E-state index contributed by atoms with van der Waals surface area (Å²) in [5.74, 6) is 0.114. The van der Waals surface area contributed by atoms with Crippen LogP contribution in [0.2, 0.25) is 0 Å². The lowest BCUT2D eigenvalue weighted by molar-refractivity contribution is -0.138. The molecule has 0 bridgehead atoms. The quantitative estimate of drug-likeness (QED) is 0.853. The molecule has 0 spiro atoms. The lowest BCUT2D eigenvalue weighted by Gasteiger charge is -2.14. The summed E-state index contributed by atoms with van der Waals surface area (Å²) in [4.78, 5) is 0. The van der Waals surface area contributed by atoms with Gasteiger partial charge in [0.2, 0.25) is 0 Å². The highest BCUT2D eigenvalue weighted by atomic mass is 79.9. The van der Waals surface area contributed by atoms with Crippen LogP contribution in [0.25, 0.3) is 0 Å². The lowest BCUT2D eigenvalue weighted by Crippen LogP contribution is -2.07. The summed E-state index contributed by atoms with van der Waals surface area (Å²) in [6.45, 7) is 0.518. The number of nitrogens with two attached hydrogens (primary N) is 1. The van der Waals surface area contributed by atoms with E-state index >= 15 is 0 Å². The molecule has 0 aromatic heterocycles. The Labute approximate surface area is 128 Å². The zero-order valence-corrected chi connectivity index (χ0v) is 12.5. The van der Waals surface area contributed by atoms with E-state index in [4.69, 9.17) is 10.5 Å². The average molecular weight is 360 g/mol. The standard InChI is InChI=1S/C15H13BrF3NO/c16-11-3-6-13(15(17,18)19)14(9-11)21-12-4-1-10(2-5-12)7-8-20/h1-6,9H,7-8,20H2. The van der Waals surface area contributed by atoms with Gasteiger partial charge in [-0.25, -0.2) is 0 Å². The first-order valence-corrected chi connectivity index (χ1v) is 7.03. The molecule has 0 atom stereocenters. The third-order valence-corrected chi connectivity index (χ3v) is 3.33. The fourth-order valence-electron chi connectivity index (χ4n) is 1.83. The molecular weight excluding hydrogens is 347 g/mol. The van der Waals surface area contributed by atoms with Crippen molar-refractivity contribution >= 4 is 15.9 Å². The van der Waals surface area contributed by atoms with Gasteiger partial charge in [0, 0.05) is 4.47 Å². The number of benzene rings is 2. The van der Waals surface area contributed by atoms with Crippen LogP contribution in [0.15, 0.2) is 46.9 Å². The molecule has 0 amide bonds. The smallest absolute Gasteiger partial charge is 0.419 e. The second-order valence-corrected chi connectivity index (χ2v) is 5.34. The van der Waals surface area contributed by atoms with Gasteiger partial charge < -0.3 is 10.5 Å². The Morgan fingerprint density at radius 2 is 1.71 bits per heavy atom. The Morgan fingerprint density at radius 3 is 2.29 bits per heavy atom. The summed E-state index contributed by atoms with van der Waals surface area (Å²) in [6, 6.07) is 10.5. The second kappa shape index (κ2) is 6.49. The molecule has 2 N–H and O–H groups in total. The monoisotopic (exact) mass is 359 g/mol. The van der Waals surface area contributed by atoms with Crippen LogP contribution in [0.1, 0.15) is 11.1 Å². The number of halogens is 4. The van der Waals surface area contributed by atoms with E-state index in [1.165, 1.54) is 12.1 Å². The second-order valence-electron chi connectivity index (χ2n) is 4.42. The number of rotatable bonds is 4. The normalized spacial score (nSPS) is 11.5. The van der Waals surface area contributed by atoms with E-state index in [-0.39, 0.29) is 5.75 Å². The van der Waals surface area contributed by atoms with E-state index in [1.54, 1.807) is 24.3 Å². The predicted molar refractivity (Wildman–Crippen MR) is 78.4 cm³/mol. The fraction of sp³-hybridized carbons (Fsp3) is 0.200. The van der Waals surface area contributed by atoms with Gasteiger partial charge in [-0.1, -0.05) is 28.1 Å². The lowest BCUT2D eigenvalue weighted by atomic mass is 10.1. The summed E-state index contributed by atoms with van der Waals surface area (Å²) in [6.07, 6.45) is -3.75. The van der Waals surface area contributed by atoms with Crippen LogP contribution >= 0.6 is 15.9 Å². The van der Waals surface area contributed by atoms with Crippen LogP contribution in [0.5, 0.6) is 11.5 Å². The molecular formula is C15H13BrF3NO. The van der Waals surface area contributed by atoms with E-state index in [1.807, 2.05) is 0 Å². The molecule has 0 fully saturated rings. The molecule has 6 heteroatoms. The van der Waals surface area contributed by atoms with E-state index in [0.29, 0.717) is 23.2 Å². The maximum Gasteiger partial charge on any atom is 0.419 e. The molecule has 2 aromatic rings. The van der Waals surface area contributed by atoms with Crippen LogP contribution in [0.4, 0.5) is 13.2 Å². The van der Waals surface area contributed by atoms with Gasteiger partial charge in [-0.05, 0) is 48.9 Å². The van der Waals surface area contributed by atoms with Gasteiger partial charge in [0.15, 0.2) is 0 Å². The van der Waals surface area contributed by atoms with Crippen molar-refractivity contribution in [3.8, 4) is 11.5 Å². The van der Waals surface area contributed by atoms with Crippen molar-refractivity contribution in [2.24, 2.45) is 5.73 Å². The van der Waals surface area contributed by atoms with Crippen molar-refractivity contribution in [1.82, 2.24) is 0 Å². The van der Waals surface area contributed by atoms with Crippen molar-refractivity contribution in [3.05, 3.63) is 58.1 Å². The van der Waals surface area contributed by atoms with E-state index in [2.05, 4.69) is 15.9 Å². The predicted octanol–water partition coefficient (Wildman–Crippen LogP) is 4.76. The average Bonchev–Trinajstić information content (AvgIpc) is 2.40. The molecule has 0 aliphatic carbocycles. The molecule has 0 heterocycles. The summed E-state index contributed by atoms with van der Waals surface area (Å²) in [7, 11) is 0. The summed E-state index contributed by atoms with van der Waals surface area (Å²) in [5, 5.41) is 0. The van der Waals surface area contributed by atoms with Crippen molar-refractivity contribution in [1.29, 1.82) is 0 Å². The molecule has 0 saturated heterocycles. The van der Waals surface area contributed by atoms with Crippen molar-refractivity contribution < 1.29 is 17.9 Å². The summed E-state index contributed by atoms with van der Waals surface area (Å²) in [5.41, 5.74) is 5.65. The first-order chi connectivity index (χ1) is 9.90. The number of alkyl halides is 3. The largest absolute Gasteiger partial charge is 0.457 e. The topological polar surface area (TPSA) is 35.2 Å². The Hall–Kier alpha value is -1.53. The third-order valence-electron chi connectivity index (χ3n) is 2.83. The third kappa shape index (κ3) is 4.22. The van der Waals surface area contributed by atoms with Crippen molar-refractivity contribution in [2.45, 2.75) is 12.6 Å². The molecule has 112 valence electrons. The Bertz CT molecular complexity index is 611. The summed E-state index contributed by atoms with van der Waals surface area (Å²) >= 11 is 3.15. The highest BCUT2D eigenvalue weighted by Gasteiger charge is 2.34. The van der Waals surface area contributed by atoms with E-state index in [9.17, 15) is 13.2 Å². The number of ether oxygens (including phenoxy) is 1. The minimum Gasteiger partial charge on any atom is -0.457 e. The van der Waals surface area contributed by atoms with Crippen molar-refractivity contribution in [3.63, 3.8) is 0 Å². The van der Waals surface area contributed by atoms with Gasteiger partial charge in [-0.15, -0.1) is 0 Å². The Balaban J connectivity index is 2.28. The fourth-order valence-corrected chi connectivity index (χ4v) is 2.17. The Kier molecular flexibility index (Phi) is 4.90. The van der Waals surface area contributed by atoms with Gasteiger partial charge in [-0.2, -0.15) is 13.2 Å². The minimum absolute atomic E-state index is 0.233. The highest BCUT2D eigenvalue weighted by molar-refractivity contribution is 9.10. The number of hydrogen-bond acceptors (Lipinski definition) is 2. The van der Waals surface area contributed by atoms with Gasteiger partial charge in [-0.3, -0.25) is 0 Å². The van der Waals surface area contributed by atoms with Crippen LogP contribution in [-0.4, -0.2) is 6.54 Å². The summed E-state index contributed by atoms with van der Waals surface area (Å²) < 4.78 is 44.7. The van der Waals surface area contributed by atoms with Gasteiger partial charge >= 0.3 is 6.18 Å².